The molecule has 8 heteroatoms. The van der Waals surface area contributed by atoms with E-state index in [-0.39, 0.29) is 5.69 Å². The van der Waals surface area contributed by atoms with Crippen LogP contribution in [0.1, 0.15) is 5.56 Å². The summed E-state index contributed by atoms with van der Waals surface area (Å²) < 4.78 is 18.3. The summed E-state index contributed by atoms with van der Waals surface area (Å²) in [5.74, 6) is 0. The van der Waals surface area contributed by atoms with Gasteiger partial charge >= 0.3 is 8.26 Å². The quantitative estimate of drug-likeness (QED) is 0.447. The van der Waals surface area contributed by atoms with Crippen LogP contribution in [0.2, 0.25) is 0 Å². The Hall–Kier alpha value is -0.850. The third kappa shape index (κ3) is 9.45. The standard InChI is InChI=1S/C7H7NO2.Cl2O2S/c1-6-2-4-7(5-3-6)8(9)10;1-5(2,3)4/h2-5H,1H3;. The molecule has 0 aliphatic carbocycles. The highest BCUT2D eigenvalue weighted by atomic mass is 36.0. The van der Waals surface area contributed by atoms with E-state index in [1.165, 1.54) is 12.1 Å². The molecule has 0 heterocycles. The second-order valence-corrected chi connectivity index (χ2v) is 6.14. The first-order valence-electron chi connectivity index (χ1n) is 3.55. The second kappa shape index (κ2) is 5.89. The van der Waals surface area contributed by atoms with Gasteiger partial charge in [-0.2, -0.15) is 8.42 Å². The number of halogens is 2. The van der Waals surface area contributed by atoms with E-state index in [4.69, 9.17) is 8.42 Å². The molecule has 0 fully saturated rings. The first-order chi connectivity index (χ1) is 6.70. The fourth-order valence-electron chi connectivity index (χ4n) is 0.666. The summed E-state index contributed by atoms with van der Waals surface area (Å²) in [6, 6.07) is 6.43. The number of hydrogen-bond donors (Lipinski definition) is 0. The van der Waals surface area contributed by atoms with E-state index >= 15 is 0 Å². The lowest BCUT2D eigenvalue weighted by Gasteiger charge is -1.90. The van der Waals surface area contributed by atoms with Gasteiger partial charge < -0.3 is 0 Å². The number of non-ortho nitro benzene ring substituents is 1. The third-order valence-electron chi connectivity index (χ3n) is 1.24. The smallest absolute Gasteiger partial charge is 0.258 e. The van der Waals surface area contributed by atoms with Crippen molar-refractivity contribution in [3.8, 4) is 0 Å². The van der Waals surface area contributed by atoms with E-state index in [1.54, 1.807) is 12.1 Å². The highest BCUT2D eigenvalue weighted by Crippen LogP contribution is 2.10. The zero-order valence-corrected chi connectivity index (χ0v) is 9.88. The summed E-state index contributed by atoms with van der Waals surface area (Å²) in [7, 11) is 4.81. The first kappa shape index (κ1) is 14.2. The minimum Gasteiger partial charge on any atom is -0.258 e. The van der Waals surface area contributed by atoms with Gasteiger partial charge in [0, 0.05) is 33.5 Å². The summed E-state index contributed by atoms with van der Waals surface area (Å²) in [4.78, 5) is 9.71. The highest BCUT2D eigenvalue weighted by molar-refractivity contribution is 8.31. The lowest BCUT2D eigenvalue weighted by molar-refractivity contribution is -0.384. The Kier molecular flexibility index (Phi) is 5.56. The van der Waals surface area contributed by atoms with Crippen LogP contribution >= 0.6 is 21.4 Å². The Morgan fingerprint density at radius 1 is 1.20 bits per heavy atom. The largest absolute Gasteiger partial charge is 0.317 e. The molecule has 1 aromatic carbocycles. The Bertz CT molecular complexity index is 421. The van der Waals surface area contributed by atoms with Crippen molar-refractivity contribution >= 4 is 35.3 Å². The maximum Gasteiger partial charge on any atom is 0.317 e. The number of nitrogens with zero attached hydrogens (tertiary/aromatic N) is 1. The van der Waals surface area contributed by atoms with Crippen LogP contribution in [0, 0.1) is 17.0 Å². The van der Waals surface area contributed by atoms with E-state index in [0.29, 0.717) is 0 Å². The van der Waals surface area contributed by atoms with Crippen molar-refractivity contribution in [3.05, 3.63) is 39.9 Å². The van der Waals surface area contributed by atoms with Gasteiger partial charge in [-0.3, -0.25) is 10.1 Å². The van der Waals surface area contributed by atoms with Gasteiger partial charge in [0.15, 0.2) is 0 Å². The molecule has 0 aliphatic heterocycles. The van der Waals surface area contributed by atoms with Crippen LogP contribution in [-0.4, -0.2) is 13.3 Å². The number of aryl methyl sites for hydroxylation is 1. The lowest BCUT2D eigenvalue weighted by Crippen LogP contribution is -1.86. The molecule has 0 saturated carbocycles. The van der Waals surface area contributed by atoms with Crippen LogP contribution in [0.5, 0.6) is 0 Å². The molecular formula is C7H7Cl2NO4S. The molecule has 1 aromatic rings. The van der Waals surface area contributed by atoms with E-state index in [2.05, 4.69) is 21.4 Å². The lowest BCUT2D eigenvalue weighted by atomic mass is 10.2. The van der Waals surface area contributed by atoms with Crippen LogP contribution in [0.15, 0.2) is 24.3 Å². The summed E-state index contributed by atoms with van der Waals surface area (Å²) in [5, 5.41) is 10.1. The molecular weight excluding hydrogens is 265 g/mol. The van der Waals surface area contributed by atoms with Crippen LogP contribution in [0.4, 0.5) is 5.69 Å². The van der Waals surface area contributed by atoms with E-state index in [1.807, 2.05) is 6.92 Å². The Morgan fingerprint density at radius 3 is 1.80 bits per heavy atom. The Balaban J connectivity index is 0.000000336. The molecule has 0 spiro atoms. The summed E-state index contributed by atoms with van der Waals surface area (Å²) in [6.07, 6.45) is 0. The molecule has 0 radical (unpaired) electrons. The fraction of sp³-hybridized carbons (Fsp3) is 0.143. The minimum absolute atomic E-state index is 0.144. The average molecular weight is 272 g/mol. The predicted molar refractivity (Wildman–Crippen MR) is 58.5 cm³/mol. The minimum atomic E-state index is -3.72. The second-order valence-electron chi connectivity index (χ2n) is 2.47. The van der Waals surface area contributed by atoms with Crippen molar-refractivity contribution < 1.29 is 13.3 Å². The number of nitro benzene ring substituents is 1. The summed E-state index contributed by atoms with van der Waals surface area (Å²) >= 11 is 0. The van der Waals surface area contributed by atoms with Gasteiger partial charge in [0.05, 0.1) is 4.92 Å². The summed E-state index contributed by atoms with van der Waals surface area (Å²) in [6.45, 7) is 1.89. The molecule has 5 nitrogen and oxygen atoms in total. The Labute approximate surface area is 95.7 Å². The summed E-state index contributed by atoms with van der Waals surface area (Å²) in [5.41, 5.74) is 1.18. The third-order valence-corrected chi connectivity index (χ3v) is 1.24. The van der Waals surface area contributed by atoms with Crippen molar-refractivity contribution in [2.75, 3.05) is 0 Å². The predicted octanol–water partition coefficient (Wildman–Crippen LogP) is 2.61. The zero-order chi connectivity index (χ0) is 12.1. The molecule has 84 valence electrons. The number of rotatable bonds is 1. The van der Waals surface area contributed by atoms with Crippen molar-refractivity contribution in [1.29, 1.82) is 0 Å². The van der Waals surface area contributed by atoms with E-state index in [0.717, 1.165) is 5.56 Å². The molecule has 0 atom stereocenters. The van der Waals surface area contributed by atoms with E-state index < -0.39 is 13.2 Å². The van der Waals surface area contributed by atoms with Crippen molar-refractivity contribution in [2.24, 2.45) is 0 Å². The maximum atomic E-state index is 10.1. The number of hydrogen-bond acceptors (Lipinski definition) is 4. The van der Waals surface area contributed by atoms with Crippen LogP contribution in [0.25, 0.3) is 0 Å². The molecule has 0 amide bonds. The maximum absolute atomic E-state index is 10.1. The zero-order valence-electron chi connectivity index (χ0n) is 7.55. The highest BCUT2D eigenvalue weighted by Gasteiger charge is 2.00. The number of benzene rings is 1. The van der Waals surface area contributed by atoms with Gasteiger partial charge in [0.25, 0.3) is 5.69 Å². The van der Waals surface area contributed by atoms with Crippen molar-refractivity contribution in [2.45, 2.75) is 6.92 Å². The van der Waals surface area contributed by atoms with Crippen molar-refractivity contribution in [3.63, 3.8) is 0 Å². The SMILES string of the molecule is Cc1ccc([N+](=O)[O-])cc1.O=S(=O)(Cl)Cl. The molecule has 1 rings (SSSR count). The number of nitro groups is 1. The molecule has 0 saturated heterocycles. The van der Waals surface area contributed by atoms with Gasteiger partial charge in [-0.25, -0.2) is 0 Å². The van der Waals surface area contributed by atoms with Gasteiger partial charge in [-0.1, -0.05) is 17.7 Å². The van der Waals surface area contributed by atoms with E-state index in [9.17, 15) is 10.1 Å². The average Bonchev–Trinajstić information content (AvgIpc) is 2.01. The first-order valence-corrected chi connectivity index (χ1v) is 6.69. The van der Waals surface area contributed by atoms with Crippen LogP contribution in [-0.2, 0) is 8.26 Å². The topological polar surface area (TPSA) is 77.3 Å². The molecule has 0 unspecified atom stereocenters. The molecule has 0 N–H and O–H groups in total. The van der Waals surface area contributed by atoms with Gasteiger partial charge in [-0.15, -0.1) is 0 Å². The van der Waals surface area contributed by atoms with Gasteiger partial charge in [-0.05, 0) is 6.92 Å². The van der Waals surface area contributed by atoms with Gasteiger partial charge in [0.2, 0.25) is 0 Å². The monoisotopic (exact) mass is 271 g/mol. The Morgan fingerprint density at radius 2 is 1.53 bits per heavy atom. The molecule has 15 heavy (non-hydrogen) atoms. The molecule has 0 aromatic heterocycles. The van der Waals surface area contributed by atoms with Gasteiger partial charge in [0.1, 0.15) is 0 Å². The van der Waals surface area contributed by atoms with Crippen LogP contribution in [0.3, 0.4) is 0 Å². The normalized spacial score (nSPS) is 10.1. The fourth-order valence-corrected chi connectivity index (χ4v) is 0.666. The molecule has 0 bridgehead atoms. The molecule has 0 aliphatic rings. The van der Waals surface area contributed by atoms with Crippen molar-refractivity contribution in [1.82, 2.24) is 0 Å². The van der Waals surface area contributed by atoms with Crippen LogP contribution < -0.4 is 0 Å².